The zero-order valence-corrected chi connectivity index (χ0v) is 20.7. The molecule has 0 radical (unpaired) electrons. The van der Waals surface area contributed by atoms with E-state index in [1.807, 2.05) is 0 Å². The molecule has 1 aliphatic heterocycles. The van der Waals surface area contributed by atoms with E-state index in [1.54, 1.807) is 43.4 Å². The number of fused-ring (bicyclic) bond motifs is 1. The van der Waals surface area contributed by atoms with Crippen LogP contribution < -0.4 is 5.32 Å². The van der Waals surface area contributed by atoms with Crippen molar-refractivity contribution in [2.75, 3.05) is 18.4 Å². The van der Waals surface area contributed by atoms with Crippen LogP contribution in [0.4, 0.5) is 28.3 Å². The molecule has 2 aromatic rings. The molecule has 0 aromatic carbocycles. The number of carbonyl (C=O) groups is 1. The Kier molecular flexibility index (Phi) is 7.04. The summed E-state index contributed by atoms with van der Waals surface area (Å²) in [5.74, 6) is -1.85. The summed E-state index contributed by atoms with van der Waals surface area (Å²) in [7, 11) is 0. The first-order chi connectivity index (χ1) is 14.7. The number of rotatable bonds is 3. The molecule has 1 fully saturated rings. The highest BCUT2D eigenvalue weighted by Gasteiger charge is 2.41. The maximum absolute atomic E-state index is 14.8. The van der Waals surface area contributed by atoms with Crippen molar-refractivity contribution in [3.8, 4) is 0 Å². The molecule has 3 atom stereocenters. The molecule has 13 heteroatoms. The maximum Gasteiger partial charge on any atom is 0.410 e. The molecule has 0 aliphatic carbocycles. The highest BCUT2D eigenvalue weighted by molar-refractivity contribution is 14.1. The third-order valence-electron chi connectivity index (χ3n) is 5.01. The Bertz CT molecular complexity index is 1010. The van der Waals surface area contributed by atoms with E-state index >= 15 is 0 Å². The molecule has 2 aromatic heterocycles. The number of hydrogen-bond donors (Lipinski definition) is 1. The number of anilines is 1. The van der Waals surface area contributed by atoms with Crippen LogP contribution in [-0.2, 0) is 4.74 Å². The summed E-state index contributed by atoms with van der Waals surface area (Å²) in [4.78, 5) is 17.5. The average Bonchev–Trinajstić information content (AvgIpc) is 2.90. The van der Waals surface area contributed by atoms with E-state index in [-0.39, 0.29) is 45.3 Å². The van der Waals surface area contributed by atoms with E-state index in [9.17, 15) is 22.4 Å². The molecule has 0 bridgehead atoms. The van der Waals surface area contributed by atoms with E-state index in [0.717, 1.165) is 11.4 Å². The van der Waals surface area contributed by atoms with Crippen molar-refractivity contribution in [2.24, 2.45) is 0 Å². The summed E-state index contributed by atoms with van der Waals surface area (Å²) in [5.41, 5.74) is -0.577. The largest absolute Gasteiger partial charge is 0.444 e. The Balaban J connectivity index is 1.79. The number of likely N-dealkylation sites (tertiary alicyclic amines) is 1. The topological polar surface area (TPSA) is 71.8 Å². The number of piperidine rings is 1. The number of hydrogen-bond acceptors (Lipinski definition) is 5. The van der Waals surface area contributed by atoms with E-state index in [2.05, 4.69) is 15.4 Å². The highest BCUT2D eigenvalue weighted by Crippen LogP contribution is 2.40. The second-order valence-electron chi connectivity index (χ2n) is 8.64. The quantitative estimate of drug-likeness (QED) is 0.382. The molecule has 1 aliphatic rings. The molecule has 7 nitrogen and oxygen atoms in total. The van der Waals surface area contributed by atoms with Gasteiger partial charge in [-0.15, -0.1) is 5.10 Å². The summed E-state index contributed by atoms with van der Waals surface area (Å²) in [6.45, 7) is 6.27. The smallest absolute Gasteiger partial charge is 0.410 e. The SMILES string of the molecule is CC(c1c(I)c(Cl)c2cnc(N[C@@H]3CCN(C(=O)OC(C)(C)C)C[C@H]3F)nn12)C(F)(F)F. The third kappa shape index (κ3) is 5.32. The lowest BCUT2D eigenvalue weighted by Gasteiger charge is -2.35. The van der Waals surface area contributed by atoms with Crippen LogP contribution in [0.2, 0.25) is 5.02 Å². The van der Waals surface area contributed by atoms with Crippen molar-refractivity contribution in [1.82, 2.24) is 19.5 Å². The number of halogens is 6. The zero-order valence-electron chi connectivity index (χ0n) is 17.8. The summed E-state index contributed by atoms with van der Waals surface area (Å²) in [5, 5.41) is 7.12. The van der Waals surface area contributed by atoms with Gasteiger partial charge in [0.25, 0.3) is 0 Å². The number of nitrogens with zero attached hydrogens (tertiary/aromatic N) is 4. The monoisotopic (exact) mass is 591 g/mol. The van der Waals surface area contributed by atoms with Gasteiger partial charge in [-0.3, -0.25) is 0 Å². The lowest BCUT2D eigenvalue weighted by Crippen LogP contribution is -2.51. The third-order valence-corrected chi connectivity index (χ3v) is 6.80. The van der Waals surface area contributed by atoms with Crippen LogP contribution >= 0.6 is 34.2 Å². The maximum atomic E-state index is 14.8. The van der Waals surface area contributed by atoms with Gasteiger partial charge >= 0.3 is 12.3 Å². The normalized spacial score (nSPS) is 21.0. The van der Waals surface area contributed by atoms with Gasteiger partial charge in [0.05, 0.1) is 39.0 Å². The van der Waals surface area contributed by atoms with Gasteiger partial charge in [0.15, 0.2) is 0 Å². The number of carbonyl (C=O) groups excluding carboxylic acids is 1. The Morgan fingerprint density at radius 3 is 2.59 bits per heavy atom. The minimum Gasteiger partial charge on any atom is -0.444 e. The Morgan fingerprint density at radius 1 is 1.38 bits per heavy atom. The van der Waals surface area contributed by atoms with Gasteiger partial charge in [-0.25, -0.2) is 18.7 Å². The number of amides is 1. The minimum atomic E-state index is -4.49. The number of aromatic nitrogens is 3. The van der Waals surface area contributed by atoms with Gasteiger partial charge in [-0.1, -0.05) is 11.6 Å². The molecule has 1 N–H and O–H groups in total. The van der Waals surface area contributed by atoms with Crippen molar-refractivity contribution in [2.45, 2.75) is 64.0 Å². The molecule has 1 unspecified atom stereocenters. The van der Waals surface area contributed by atoms with Crippen LogP contribution in [0.25, 0.3) is 5.52 Å². The predicted octanol–water partition coefficient (Wildman–Crippen LogP) is 5.41. The lowest BCUT2D eigenvalue weighted by atomic mass is 10.0. The molecular formula is C19H23ClF4IN5O2. The fourth-order valence-corrected chi connectivity index (χ4v) is 4.52. The fourth-order valence-electron chi connectivity index (χ4n) is 3.32. The molecule has 1 saturated heterocycles. The molecular weight excluding hydrogens is 569 g/mol. The first-order valence-electron chi connectivity index (χ1n) is 9.87. The second-order valence-corrected chi connectivity index (χ2v) is 10.1. The van der Waals surface area contributed by atoms with E-state index in [4.69, 9.17) is 16.3 Å². The predicted molar refractivity (Wildman–Crippen MR) is 120 cm³/mol. The summed E-state index contributed by atoms with van der Waals surface area (Å²) in [6.07, 6.45) is -4.99. The van der Waals surface area contributed by atoms with Crippen LogP contribution in [0, 0.1) is 3.57 Å². The van der Waals surface area contributed by atoms with Crippen molar-refractivity contribution in [3.05, 3.63) is 20.5 Å². The van der Waals surface area contributed by atoms with Crippen molar-refractivity contribution in [3.63, 3.8) is 0 Å². The van der Waals surface area contributed by atoms with Gasteiger partial charge in [0, 0.05) is 6.54 Å². The van der Waals surface area contributed by atoms with Gasteiger partial charge in [0.1, 0.15) is 17.3 Å². The average molecular weight is 592 g/mol. The standard InChI is InChI=1S/C19H23ClF4IN5O2/c1-9(19(22,23)24)15-14(25)13(20)12-7-26-16(28-30(12)15)27-11-5-6-29(8-10(11)21)17(31)32-18(2,3)4/h7,9-11H,5-6,8H2,1-4H3,(H,27,28)/t9?,10-,11-/m1/s1. The van der Waals surface area contributed by atoms with Crippen molar-refractivity contribution >= 4 is 51.8 Å². The van der Waals surface area contributed by atoms with Crippen LogP contribution in [0.3, 0.4) is 0 Å². The summed E-state index contributed by atoms with van der Waals surface area (Å²) >= 11 is 7.94. The first kappa shape index (κ1) is 25.1. The molecule has 178 valence electrons. The van der Waals surface area contributed by atoms with Crippen LogP contribution in [0.5, 0.6) is 0 Å². The Morgan fingerprint density at radius 2 is 2.03 bits per heavy atom. The van der Waals surface area contributed by atoms with E-state index in [0.29, 0.717) is 0 Å². The molecule has 32 heavy (non-hydrogen) atoms. The van der Waals surface area contributed by atoms with Crippen molar-refractivity contribution < 1.29 is 27.1 Å². The number of alkyl halides is 4. The van der Waals surface area contributed by atoms with Crippen molar-refractivity contribution in [1.29, 1.82) is 0 Å². The van der Waals surface area contributed by atoms with Gasteiger partial charge < -0.3 is 15.0 Å². The first-order valence-corrected chi connectivity index (χ1v) is 11.3. The molecule has 3 heterocycles. The fraction of sp³-hybridized carbons (Fsp3) is 0.632. The zero-order chi connectivity index (χ0) is 24.0. The Labute approximate surface area is 201 Å². The van der Waals surface area contributed by atoms with Crippen LogP contribution in [-0.4, -0.2) is 62.7 Å². The Hall–Kier alpha value is -1.57. The van der Waals surface area contributed by atoms with Gasteiger partial charge in [-0.05, 0) is 56.7 Å². The van der Waals surface area contributed by atoms with Crippen LogP contribution in [0.15, 0.2) is 6.20 Å². The number of ether oxygens (including phenoxy) is 1. The highest BCUT2D eigenvalue weighted by atomic mass is 127. The molecule has 0 saturated carbocycles. The van der Waals surface area contributed by atoms with Crippen LogP contribution in [0.1, 0.15) is 45.7 Å². The molecule has 3 rings (SSSR count). The molecule has 1 amide bonds. The lowest BCUT2D eigenvalue weighted by molar-refractivity contribution is -0.147. The summed E-state index contributed by atoms with van der Waals surface area (Å²) in [6, 6.07) is -0.722. The summed E-state index contributed by atoms with van der Waals surface area (Å²) < 4.78 is 61.5. The van der Waals surface area contributed by atoms with Gasteiger partial charge in [-0.2, -0.15) is 13.2 Å². The van der Waals surface area contributed by atoms with Gasteiger partial charge in [0.2, 0.25) is 5.95 Å². The minimum absolute atomic E-state index is 0.0328. The van der Waals surface area contributed by atoms with E-state index < -0.39 is 36.0 Å². The number of nitrogens with one attached hydrogen (secondary N) is 1. The second kappa shape index (κ2) is 8.99. The molecule has 0 spiro atoms. The van der Waals surface area contributed by atoms with E-state index in [1.165, 1.54) is 11.1 Å².